The molecule has 132 valence electrons. The molecule has 25 heavy (non-hydrogen) atoms. The van der Waals surface area contributed by atoms with Gasteiger partial charge in [-0.1, -0.05) is 6.07 Å². The molecular weight excluding hydrogens is 320 g/mol. The van der Waals surface area contributed by atoms with Gasteiger partial charge in [-0.3, -0.25) is 14.0 Å². The number of nitrogens with zero attached hydrogens (tertiary/aromatic N) is 3. The van der Waals surface area contributed by atoms with Crippen molar-refractivity contribution in [2.45, 2.75) is 32.0 Å². The van der Waals surface area contributed by atoms with Gasteiger partial charge in [0.25, 0.3) is 5.91 Å². The van der Waals surface area contributed by atoms with E-state index in [1.54, 1.807) is 7.05 Å². The number of likely N-dealkylation sites (tertiary alicyclic amines) is 1. The molecule has 2 aliphatic heterocycles. The Hall–Kier alpha value is -2.41. The second kappa shape index (κ2) is 6.15. The summed E-state index contributed by atoms with van der Waals surface area (Å²) in [7, 11) is 1.64. The van der Waals surface area contributed by atoms with Crippen molar-refractivity contribution < 1.29 is 14.3 Å². The highest BCUT2D eigenvalue weighted by Crippen LogP contribution is 2.35. The van der Waals surface area contributed by atoms with Gasteiger partial charge >= 0.3 is 0 Å². The predicted molar refractivity (Wildman–Crippen MR) is 91.3 cm³/mol. The number of imidazole rings is 1. The third kappa shape index (κ3) is 2.78. The Morgan fingerprint density at radius 2 is 2.20 bits per heavy atom. The number of rotatable bonds is 3. The summed E-state index contributed by atoms with van der Waals surface area (Å²) in [5.41, 5.74) is 2.15. The third-order valence-electron chi connectivity index (χ3n) is 5.20. The van der Waals surface area contributed by atoms with Crippen LogP contribution in [0, 0.1) is 12.8 Å². The number of amides is 2. The van der Waals surface area contributed by atoms with Crippen molar-refractivity contribution in [3.05, 3.63) is 35.8 Å². The molecule has 0 radical (unpaired) electrons. The standard InChI is InChI=1S/C18H22N4O3/c1-11-17(22-6-4-3-5-15(22)20-11)18(24)21-9-12-7-13(8-16(23)19-2)25-14(12)10-21/h3-6,12-14H,7-10H2,1-2H3,(H,19,23)/t12-,13+,14+/m0/s1. The predicted octanol–water partition coefficient (Wildman–Crippen LogP) is 1.01. The summed E-state index contributed by atoms with van der Waals surface area (Å²) < 4.78 is 7.84. The highest BCUT2D eigenvalue weighted by atomic mass is 16.5. The normalized spacial score (nSPS) is 25.4. The molecule has 3 atom stereocenters. The molecule has 2 saturated heterocycles. The van der Waals surface area contributed by atoms with Gasteiger partial charge in [-0.25, -0.2) is 4.98 Å². The lowest BCUT2D eigenvalue weighted by Crippen LogP contribution is -2.33. The summed E-state index contributed by atoms with van der Waals surface area (Å²) >= 11 is 0. The van der Waals surface area contributed by atoms with Gasteiger partial charge in [0.05, 0.1) is 24.3 Å². The van der Waals surface area contributed by atoms with Crippen LogP contribution in [0.5, 0.6) is 0 Å². The van der Waals surface area contributed by atoms with Gasteiger partial charge in [0, 0.05) is 32.3 Å². The van der Waals surface area contributed by atoms with Crippen LogP contribution in [-0.2, 0) is 9.53 Å². The lowest BCUT2D eigenvalue weighted by Gasteiger charge is -2.19. The van der Waals surface area contributed by atoms with Crippen LogP contribution in [0.4, 0.5) is 0 Å². The van der Waals surface area contributed by atoms with Crippen molar-refractivity contribution >= 4 is 17.5 Å². The van der Waals surface area contributed by atoms with Crippen LogP contribution in [0.25, 0.3) is 5.65 Å². The van der Waals surface area contributed by atoms with E-state index in [1.165, 1.54) is 0 Å². The smallest absolute Gasteiger partial charge is 0.272 e. The highest BCUT2D eigenvalue weighted by Gasteiger charge is 2.44. The number of carbonyl (C=O) groups is 2. The molecule has 0 aromatic carbocycles. The van der Waals surface area contributed by atoms with Gasteiger partial charge in [0.15, 0.2) is 0 Å². The van der Waals surface area contributed by atoms with Crippen molar-refractivity contribution in [1.29, 1.82) is 0 Å². The largest absolute Gasteiger partial charge is 0.372 e. The highest BCUT2D eigenvalue weighted by molar-refractivity contribution is 5.95. The van der Waals surface area contributed by atoms with Crippen LogP contribution in [0.1, 0.15) is 29.0 Å². The van der Waals surface area contributed by atoms with Crippen molar-refractivity contribution in [1.82, 2.24) is 19.6 Å². The van der Waals surface area contributed by atoms with Crippen LogP contribution in [0.2, 0.25) is 0 Å². The zero-order valence-electron chi connectivity index (χ0n) is 14.4. The molecule has 0 unspecified atom stereocenters. The summed E-state index contributed by atoms with van der Waals surface area (Å²) in [4.78, 5) is 30.9. The SMILES string of the molecule is CNC(=O)C[C@H]1C[C@H]2CN(C(=O)c3c(C)nc4ccccn34)C[C@H]2O1. The maximum absolute atomic E-state index is 13.0. The van der Waals surface area contributed by atoms with E-state index in [1.807, 2.05) is 40.6 Å². The molecule has 2 aromatic heterocycles. The molecule has 4 heterocycles. The lowest BCUT2D eigenvalue weighted by molar-refractivity contribution is -0.123. The Morgan fingerprint density at radius 1 is 1.36 bits per heavy atom. The molecule has 0 bridgehead atoms. The molecule has 7 nitrogen and oxygen atoms in total. The van der Waals surface area contributed by atoms with E-state index in [2.05, 4.69) is 10.3 Å². The molecule has 0 saturated carbocycles. The first-order valence-corrected chi connectivity index (χ1v) is 8.66. The van der Waals surface area contributed by atoms with Crippen LogP contribution in [0.15, 0.2) is 24.4 Å². The van der Waals surface area contributed by atoms with Crippen LogP contribution < -0.4 is 5.32 Å². The summed E-state index contributed by atoms with van der Waals surface area (Å²) in [6.45, 7) is 3.12. The van der Waals surface area contributed by atoms with Gasteiger partial charge in [-0.05, 0) is 25.5 Å². The summed E-state index contributed by atoms with van der Waals surface area (Å²) in [5, 5.41) is 2.63. The van der Waals surface area contributed by atoms with Gasteiger partial charge < -0.3 is 15.0 Å². The maximum atomic E-state index is 13.0. The Labute approximate surface area is 146 Å². The lowest BCUT2D eigenvalue weighted by atomic mass is 10.0. The Kier molecular flexibility index (Phi) is 3.95. The number of aryl methyl sites for hydroxylation is 1. The number of hydrogen-bond donors (Lipinski definition) is 1. The molecule has 0 aliphatic carbocycles. The third-order valence-corrected chi connectivity index (χ3v) is 5.20. The maximum Gasteiger partial charge on any atom is 0.272 e. The second-order valence-corrected chi connectivity index (χ2v) is 6.85. The first-order chi connectivity index (χ1) is 12.1. The minimum atomic E-state index is -0.0373. The van der Waals surface area contributed by atoms with E-state index in [0.717, 1.165) is 17.8 Å². The summed E-state index contributed by atoms with van der Waals surface area (Å²) in [6, 6.07) is 5.71. The topological polar surface area (TPSA) is 75.9 Å². The molecule has 2 aromatic rings. The molecule has 2 aliphatic rings. The molecule has 0 spiro atoms. The van der Waals surface area contributed by atoms with Gasteiger partial charge in [-0.2, -0.15) is 0 Å². The van der Waals surface area contributed by atoms with E-state index < -0.39 is 0 Å². The average molecular weight is 342 g/mol. The van der Waals surface area contributed by atoms with E-state index in [-0.39, 0.29) is 24.0 Å². The van der Waals surface area contributed by atoms with Gasteiger partial charge in [-0.15, -0.1) is 0 Å². The molecule has 1 N–H and O–H groups in total. The number of nitrogens with one attached hydrogen (secondary N) is 1. The number of fused-ring (bicyclic) bond motifs is 2. The number of aromatic nitrogens is 2. The number of hydrogen-bond acceptors (Lipinski definition) is 4. The van der Waals surface area contributed by atoms with Crippen molar-refractivity contribution in [3.63, 3.8) is 0 Å². The van der Waals surface area contributed by atoms with Crippen LogP contribution >= 0.6 is 0 Å². The summed E-state index contributed by atoms with van der Waals surface area (Å²) in [5.74, 6) is 0.300. The second-order valence-electron chi connectivity index (χ2n) is 6.85. The molecule has 4 rings (SSSR count). The minimum Gasteiger partial charge on any atom is -0.372 e. The van der Waals surface area contributed by atoms with E-state index >= 15 is 0 Å². The first kappa shape index (κ1) is 16.1. The Morgan fingerprint density at radius 3 is 2.96 bits per heavy atom. The fourth-order valence-corrected chi connectivity index (χ4v) is 3.99. The molecular formula is C18H22N4O3. The fourth-order valence-electron chi connectivity index (χ4n) is 3.99. The van der Waals surface area contributed by atoms with Crippen LogP contribution in [0.3, 0.4) is 0 Å². The zero-order chi connectivity index (χ0) is 17.6. The first-order valence-electron chi connectivity index (χ1n) is 8.66. The number of pyridine rings is 1. The van der Waals surface area contributed by atoms with Crippen molar-refractivity contribution in [2.24, 2.45) is 5.92 Å². The van der Waals surface area contributed by atoms with Crippen molar-refractivity contribution in [2.75, 3.05) is 20.1 Å². The number of carbonyl (C=O) groups excluding carboxylic acids is 2. The van der Waals surface area contributed by atoms with E-state index in [0.29, 0.717) is 31.1 Å². The molecule has 2 fully saturated rings. The van der Waals surface area contributed by atoms with Crippen LogP contribution in [-0.4, -0.2) is 58.4 Å². The molecule has 2 amide bonds. The van der Waals surface area contributed by atoms with Gasteiger partial charge in [0.2, 0.25) is 5.91 Å². The van der Waals surface area contributed by atoms with Crippen molar-refractivity contribution in [3.8, 4) is 0 Å². The quantitative estimate of drug-likeness (QED) is 0.903. The fraction of sp³-hybridized carbons (Fsp3) is 0.500. The Balaban J connectivity index is 1.47. The average Bonchev–Trinajstić information content (AvgIpc) is 3.24. The Bertz CT molecular complexity index is 817. The number of ether oxygens (including phenoxy) is 1. The minimum absolute atomic E-state index is 0.000685. The van der Waals surface area contributed by atoms with E-state index in [4.69, 9.17) is 4.74 Å². The molecule has 7 heteroatoms. The van der Waals surface area contributed by atoms with Gasteiger partial charge in [0.1, 0.15) is 11.3 Å². The summed E-state index contributed by atoms with van der Waals surface area (Å²) in [6.07, 6.45) is 3.08. The van der Waals surface area contributed by atoms with E-state index in [9.17, 15) is 9.59 Å². The zero-order valence-corrected chi connectivity index (χ0v) is 14.4. The monoisotopic (exact) mass is 342 g/mol.